The summed E-state index contributed by atoms with van der Waals surface area (Å²) in [6.07, 6.45) is 3.50. The predicted molar refractivity (Wildman–Crippen MR) is 97.5 cm³/mol. The molecule has 25 heavy (non-hydrogen) atoms. The van der Waals surface area contributed by atoms with Crippen LogP contribution in [0.1, 0.15) is 36.8 Å². The fraction of sp³-hybridized carbons (Fsp3) is 0.579. The molecule has 2 aliphatic heterocycles. The van der Waals surface area contributed by atoms with Crippen LogP contribution in [0.15, 0.2) is 30.3 Å². The second-order valence-corrected chi connectivity index (χ2v) is 7.23. The molecule has 1 atom stereocenters. The monoisotopic (exact) mass is 341 g/mol. The van der Waals surface area contributed by atoms with Crippen LogP contribution in [0.25, 0.3) is 0 Å². The average molecular weight is 341 g/mol. The van der Waals surface area contributed by atoms with Crippen molar-refractivity contribution in [3.05, 3.63) is 42.0 Å². The number of hydrogen-bond donors (Lipinski definition) is 1. The van der Waals surface area contributed by atoms with Crippen LogP contribution in [0.4, 0.5) is 5.69 Å². The Morgan fingerprint density at radius 3 is 2.48 bits per heavy atom. The van der Waals surface area contributed by atoms with Gasteiger partial charge in [0.25, 0.3) is 0 Å². The Hall–Kier alpha value is -1.92. The molecule has 2 saturated heterocycles. The lowest BCUT2D eigenvalue weighted by Gasteiger charge is -2.35. The SMILES string of the molecule is Cn1c(CO)nnc1C1CCN(C2CCN(c3ccccc3)C2)CC1. The number of piperidine rings is 1. The Labute approximate surface area is 149 Å². The quantitative estimate of drug-likeness (QED) is 0.918. The summed E-state index contributed by atoms with van der Waals surface area (Å²) in [6.45, 7) is 4.49. The first-order valence-corrected chi connectivity index (χ1v) is 9.29. The molecule has 0 spiro atoms. The smallest absolute Gasteiger partial charge is 0.158 e. The Bertz CT molecular complexity index is 693. The van der Waals surface area contributed by atoms with Gasteiger partial charge in [-0.05, 0) is 44.5 Å². The van der Waals surface area contributed by atoms with Crippen molar-refractivity contribution in [1.82, 2.24) is 19.7 Å². The minimum atomic E-state index is -0.0419. The molecule has 0 saturated carbocycles. The average Bonchev–Trinajstić information content (AvgIpc) is 3.29. The lowest BCUT2D eigenvalue weighted by Crippen LogP contribution is -2.42. The molecule has 4 rings (SSSR count). The van der Waals surface area contributed by atoms with E-state index >= 15 is 0 Å². The number of anilines is 1. The number of para-hydroxylation sites is 1. The third-order valence-electron chi connectivity index (χ3n) is 5.84. The lowest BCUT2D eigenvalue weighted by molar-refractivity contribution is 0.159. The number of benzene rings is 1. The number of hydrogen-bond acceptors (Lipinski definition) is 5. The maximum Gasteiger partial charge on any atom is 0.158 e. The van der Waals surface area contributed by atoms with E-state index in [2.05, 4.69) is 50.3 Å². The summed E-state index contributed by atoms with van der Waals surface area (Å²) in [5.41, 5.74) is 1.34. The minimum absolute atomic E-state index is 0.0419. The normalized spacial score (nSPS) is 22.6. The van der Waals surface area contributed by atoms with E-state index in [4.69, 9.17) is 0 Å². The molecule has 3 heterocycles. The Balaban J connectivity index is 1.34. The van der Waals surface area contributed by atoms with Gasteiger partial charge in [0.2, 0.25) is 0 Å². The molecular formula is C19H27N5O. The van der Waals surface area contributed by atoms with Gasteiger partial charge in [0.1, 0.15) is 12.4 Å². The third-order valence-corrected chi connectivity index (χ3v) is 5.84. The highest BCUT2D eigenvalue weighted by atomic mass is 16.3. The highest BCUT2D eigenvalue weighted by Gasteiger charge is 2.32. The first kappa shape index (κ1) is 16.5. The summed E-state index contributed by atoms with van der Waals surface area (Å²) >= 11 is 0. The van der Waals surface area contributed by atoms with Gasteiger partial charge < -0.3 is 14.6 Å². The highest BCUT2D eigenvalue weighted by Crippen LogP contribution is 2.30. The number of rotatable bonds is 4. The molecule has 1 unspecified atom stereocenters. The molecule has 0 amide bonds. The summed E-state index contributed by atoms with van der Waals surface area (Å²) in [5.74, 6) is 2.15. The van der Waals surface area contributed by atoms with E-state index in [1.807, 2.05) is 11.6 Å². The van der Waals surface area contributed by atoms with Crippen LogP contribution in [-0.2, 0) is 13.7 Å². The number of aliphatic hydroxyl groups excluding tert-OH is 1. The van der Waals surface area contributed by atoms with Crippen molar-refractivity contribution in [2.75, 3.05) is 31.1 Å². The molecule has 6 nitrogen and oxygen atoms in total. The first-order valence-electron chi connectivity index (χ1n) is 9.29. The highest BCUT2D eigenvalue weighted by molar-refractivity contribution is 5.47. The zero-order valence-corrected chi connectivity index (χ0v) is 14.9. The van der Waals surface area contributed by atoms with Crippen LogP contribution in [0.2, 0.25) is 0 Å². The van der Waals surface area contributed by atoms with E-state index in [1.54, 1.807) is 0 Å². The topological polar surface area (TPSA) is 57.4 Å². The number of likely N-dealkylation sites (tertiary alicyclic amines) is 1. The van der Waals surface area contributed by atoms with E-state index in [1.165, 1.54) is 12.1 Å². The summed E-state index contributed by atoms with van der Waals surface area (Å²) in [4.78, 5) is 5.16. The molecular weight excluding hydrogens is 314 g/mol. The summed E-state index contributed by atoms with van der Waals surface area (Å²) < 4.78 is 1.97. The summed E-state index contributed by atoms with van der Waals surface area (Å²) in [7, 11) is 1.96. The number of nitrogens with zero attached hydrogens (tertiary/aromatic N) is 5. The minimum Gasteiger partial charge on any atom is -0.388 e. The van der Waals surface area contributed by atoms with Gasteiger partial charge >= 0.3 is 0 Å². The van der Waals surface area contributed by atoms with E-state index in [9.17, 15) is 5.11 Å². The van der Waals surface area contributed by atoms with Gasteiger partial charge in [0.05, 0.1) is 0 Å². The van der Waals surface area contributed by atoms with Crippen LogP contribution >= 0.6 is 0 Å². The van der Waals surface area contributed by atoms with Crippen LogP contribution in [-0.4, -0.2) is 57.0 Å². The second-order valence-electron chi connectivity index (χ2n) is 7.23. The molecule has 2 aliphatic rings. The van der Waals surface area contributed by atoms with Crippen molar-refractivity contribution in [3.63, 3.8) is 0 Å². The van der Waals surface area contributed by atoms with E-state index < -0.39 is 0 Å². The molecule has 0 bridgehead atoms. The molecule has 2 fully saturated rings. The van der Waals surface area contributed by atoms with Crippen molar-refractivity contribution in [2.45, 2.75) is 37.8 Å². The van der Waals surface area contributed by atoms with Crippen molar-refractivity contribution in [2.24, 2.45) is 7.05 Å². The Morgan fingerprint density at radius 1 is 1.04 bits per heavy atom. The zero-order valence-electron chi connectivity index (χ0n) is 14.9. The maximum absolute atomic E-state index is 9.30. The molecule has 6 heteroatoms. The van der Waals surface area contributed by atoms with Crippen molar-refractivity contribution < 1.29 is 5.11 Å². The standard InChI is InChI=1S/C19H27N5O/c1-22-18(14-25)20-21-19(22)15-7-10-23(11-8-15)17-9-12-24(13-17)16-5-3-2-4-6-16/h2-6,15,17,25H,7-14H2,1H3. The molecule has 1 aromatic heterocycles. The van der Waals surface area contributed by atoms with Gasteiger partial charge in [0, 0.05) is 37.8 Å². The third kappa shape index (κ3) is 3.28. The predicted octanol–water partition coefficient (Wildman–Crippen LogP) is 1.77. The Kier molecular flexibility index (Phi) is 4.72. The van der Waals surface area contributed by atoms with Gasteiger partial charge in [-0.3, -0.25) is 4.90 Å². The zero-order chi connectivity index (χ0) is 17.2. The van der Waals surface area contributed by atoms with E-state index in [0.717, 1.165) is 44.8 Å². The van der Waals surface area contributed by atoms with Crippen LogP contribution < -0.4 is 4.90 Å². The van der Waals surface area contributed by atoms with Crippen molar-refractivity contribution in [3.8, 4) is 0 Å². The summed E-state index contributed by atoms with van der Waals surface area (Å²) in [5, 5.41) is 17.7. The fourth-order valence-corrected chi connectivity index (χ4v) is 4.30. The lowest BCUT2D eigenvalue weighted by atomic mass is 9.94. The molecule has 1 aromatic carbocycles. The second kappa shape index (κ2) is 7.14. The van der Waals surface area contributed by atoms with Gasteiger partial charge in [-0.2, -0.15) is 0 Å². The van der Waals surface area contributed by atoms with E-state index in [-0.39, 0.29) is 6.61 Å². The van der Waals surface area contributed by atoms with Crippen molar-refractivity contribution >= 4 is 5.69 Å². The maximum atomic E-state index is 9.30. The molecule has 2 aromatic rings. The van der Waals surface area contributed by atoms with Crippen molar-refractivity contribution in [1.29, 1.82) is 0 Å². The first-order chi connectivity index (χ1) is 12.3. The fourth-order valence-electron chi connectivity index (χ4n) is 4.30. The van der Waals surface area contributed by atoms with Gasteiger partial charge in [-0.25, -0.2) is 0 Å². The largest absolute Gasteiger partial charge is 0.388 e. The van der Waals surface area contributed by atoms with Crippen LogP contribution in [0.5, 0.6) is 0 Å². The molecule has 0 radical (unpaired) electrons. The van der Waals surface area contributed by atoms with Crippen LogP contribution in [0, 0.1) is 0 Å². The molecule has 134 valence electrons. The Morgan fingerprint density at radius 2 is 1.80 bits per heavy atom. The van der Waals surface area contributed by atoms with Crippen LogP contribution in [0.3, 0.4) is 0 Å². The van der Waals surface area contributed by atoms with E-state index in [0.29, 0.717) is 17.8 Å². The molecule has 1 N–H and O–H groups in total. The number of aliphatic hydroxyl groups is 1. The molecule has 0 aliphatic carbocycles. The van der Waals surface area contributed by atoms with Gasteiger partial charge in [0.15, 0.2) is 5.82 Å². The van der Waals surface area contributed by atoms with Gasteiger partial charge in [-0.15, -0.1) is 10.2 Å². The number of aromatic nitrogens is 3. The van der Waals surface area contributed by atoms with Gasteiger partial charge in [-0.1, -0.05) is 18.2 Å². The summed E-state index contributed by atoms with van der Waals surface area (Å²) in [6, 6.07) is 11.4.